The van der Waals surface area contributed by atoms with Crippen molar-refractivity contribution in [2.24, 2.45) is 0 Å². The highest BCUT2D eigenvalue weighted by atomic mass is 16.5. The standard InChI is InChI=1S/C19H24N2O3/c1-3-4-13-5-7-14(8-6-13)24-18-12-20-21-19(18)16-10-9-15(23-2)11-17(16)22/h5-11,18-22H,3-4,12H2,1-2H3. The molecule has 3 rings (SSSR count). The van der Waals surface area contributed by atoms with E-state index in [2.05, 4.69) is 29.9 Å². The van der Waals surface area contributed by atoms with E-state index < -0.39 is 0 Å². The maximum Gasteiger partial charge on any atom is 0.133 e. The van der Waals surface area contributed by atoms with Crippen LogP contribution in [0.5, 0.6) is 17.2 Å². The lowest BCUT2D eigenvalue weighted by Gasteiger charge is -2.21. The van der Waals surface area contributed by atoms with Crippen LogP contribution in [0.4, 0.5) is 0 Å². The van der Waals surface area contributed by atoms with Crippen LogP contribution < -0.4 is 20.3 Å². The van der Waals surface area contributed by atoms with Crippen molar-refractivity contribution < 1.29 is 14.6 Å². The third kappa shape index (κ3) is 3.63. The highest BCUT2D eigenvalue weighted by molar-refractivity contribution is 5.42. The number of aryl methyl sites for hydroxylation is 1. The zero-order valence-corrected chi connectivity index (χ0v) is 14.1. The Morgan fingerprint density at radius 3 is 2.54 bits per heavy atom. The van der Waals surface area contributed by atoms with Gasteiger partial charge in [0.25, 0.3) is 0 Å². The second-order valence-corrected chi connectivity index (χ2v) is 5.98. The molecule has 128 valence electrons. The summed E-state index contributed by atoms with van der Waals surface area (Å²) in [6, 6.07) is 13.4. The summed E-state index contributed by atoms with van der Waals surface area (Å²) in [6.45, 7) is 2.83. The molecule has 5 nitrogen and oxygen atoms in total. The molecule has 5 heteroatoms. The van der Waals surface area contributed by atoms with Gasteiger partial charge in [-0.05, 0) is 36.2 Å². The zero-order valence-electron chi connectivity index (χ0n) is 14.1. The van der Waals surface area contributed by atoms with Gasteiger partial charge in [-0.3, -0.25) is 5.43 Å². The number of ether oxygens (including phenoxy) is 2. The molecule has 1 saturated heterocycles. The predicted molar refractivity (Wildman–Crippen MR) is 93.4 cm³/mol. The first kappa shape index (κ1) is 16.6. The fourth-order valence-electron chi connectivity index (χ4n) is 2.98. The monoisotopic (exact) mass is 328 g/mol. The Kier molecular flexibility index (Phi) is 5.23. The third-order valence-corrected chi connectivity index (χ3v) is 4.25. The van der Waals surface area contributed by atoms with E-state index in [4.69, 9.17) is 9.47 Å². The molecule has 1 heterocycles. The molecule has 0 aliphatic carbocycles. The van der Waals surface area contributed by atoms with Crippen molar-refractivity contribution in [2.45, 2.75) is 31.9 Å². The van der Waals surface area contributed by atoms with Gasteiger partial charge in [-0.25, -0.2) is 5.43 Å². The molecule has 1 aliphatic heterocycles. The maximum absolute atomic E-state index is 10.3. The summed E-state index contributed by atoms with van der Waals surface area (Å²) in [7, 11) is 1.58. The van der Waals surface area contributed by atoms with E-state index in [0.29, 0.717) is 12.3 Å². The van der Waals surface area contributed by atoms with Crippen molar-refractivity contribution in [3.05, 3.63) is 53.6 Å². The number of aromatic hydroxyl groups is 1. The lowest BCUT2D eigenvalue weighted by atomic mass is 10.0. The summed E-state index contributed by atoms with van der Waals surface area (Å²) in [5.74, 6) is 1.66. The molecule has 1 fully saturated rings. The Bertz CT molecular complexity index is 673. The molecule has 2 aromatic rings. The van der Waals surface area contributed by atoms with Crippen molar-refractivity contribution in [1.29, 1.82) is 0 Å². The zero-order chi connectivity index (χ0) is 16.9. The number of phenols is 1. The first-order chi connectivity index (χ1) is 11.7. The van der Waals surface area contributed by atoms with Gasteiger partial charge in [0.05, 0.1) is 13.2 Å². The highest BCUT2D eigenvalue weighted by Crippen LogP contribution is 2.32. The normalized spacial score (nSPS) is 20.1. The van der Waals surface area contributed by atoms with Crippen LogP contribution in [0.25, 0.3) is 0 Å². The maximum atomic E-state index is 10.3. The summed E-state index contributed by atoms with van der Waals surface area (Å²) < 4.78 is 11.3. The fourth-order valence-corrected chi connectivity index (χ4v) is 2.98. The van der Waals surface area contributed by atoms with Gasteiger partial charge in [0.15, 0.2) is 0 Å². The van der Waals surface area contributed by atoms with Crippen molar-refractivity contribution in [3.63, 3.8) is 0 Å². The van der Waals surface area contributed by atoms with Crippen molar-refractivity contribution in [3.8, 4) is 17.2 Å². The molecule has 0 radical (unpaired) electrons. The van der Waals surface area contributed by atoms with Crippen LogP contribution in [0.3, 0.4) is 0 Å². The van der Waals surface area contributed by atoms with E-state index in [0.717, 1.165) is 24.2 Å². The predicted octanol–water partition coefficient (Wildman–Crippen LogP) is 2.95. The van der Waals surface area contributed by atoms with Gasteiger partial charge in [0.1, 0.15) is 23.4 Å². The van der Waals surface area contributed by atoms with Gasteiger partial charge >= 0.3 is 0 Å². The van der Waals surface area contributed by atoms with E-state index in [1.54, 1.807) is 13.2 Å². The van der Waals surface area contributed by atoms with Gasteiger partial charge in [-0.15, -0.1) is 0 Å². The second kappa shape index (κ2) is 7.55. The molecule has 2 aromatic carbocycles. The van der Waals surface area contributed by atoms with E-state index in [-0.39, 0.29) is 17.9 Å². The lowest BCUT2D eigenvalue weighted by Crippen LogP contribution is -2.28. The fraction of sp³-hybridized carbons (Fsp3) is 0.368. The van der Waals surface area contributed by atoms with E-state index in [9.17, 15) is 5.11 Å². The van der Waals surface area contributed by atoms with Crippen LogP contribution in [0.15, 0.2) is 42.5 Å². The van der Waals surface area contributed by atoms with Crippen LogP contribution in [0, 0.1) is 0 Å². The number of rotatable bonds is 6. The number of phenolic OH excluding ortho intramolecular Hbond substituents is 1. The van der Waals surface area contributed by atoms with Crippen LogP contribution in [0.1, 0.15) is 30.5 Å². The van der Waals surface area contributed by atoms with Gasteiger partial charge in [0, 0.05) is 18.2 Å². The number of hydrazine groups is 1. The number of nitrogens with one attached hydrogen (secondary N) is 2. The topological polar surface area (TPSA) is 62.8 Å². The summed E-state index contributed by atoms with van der Waals surface area (Å²) in [5, 5.41) is 10.3. The smallest absolute Gasteiger partial charge is 0.133 e. The number of hydrogen-bond donors (Lipinski definition) is 3. The van der Waals surface area contributed by atoms with Gasteiger partial charge < -0.3 is 14.6 Å². The number of methoxy groups -OCH3 is 1. The Morgan fingerprint density at radius 2 is 1.88 bits per heavy atom. The van der Waals surface area contributed by atoms with Gasteiger partial charge in [-0.1, -0.05) is 25.5 Å². The first-order valence-electron chi connectivity index (χ1n) is 8.32. The second-order valence-electron chi connectivity index (χ2n) is 5.98. The van der Waals surface area contributed by atoms with Crippen LogP contribution in [-0.4, -0.2) is 24.9 Å². The number of benzene rings is 2. The lowest BCUT2D eigenvalue weighted by molar-refractivity contribution is 0.195. The minimum Gasteiger partial charge on any atom is -0.507 e. The molecule has 3 N–H and O–H groups in total. The molecule has 2 unspecified atom stereocenters. The molecule has 1 aliphatic rings. The van der Waals surface area contributed by atoms with Crippen LogP contribution in [0.2, 0.25) is 0 Å². The minimum absolute atomic E-state index is 0.110. The molecule has 0 aromatic heterocycles. The van der Waals surface area contributed by atoms with E-state index >= 15 is 0 Å². The van der Waals surface area contributed by atoms with Crippen LogP contribution >= 0.6 is 0 Å². The Morgan fingerprint density at radius 1 is 1.12 bits per heavy atom. The number of hydrogen-bond acceptors (Lipinski definition) is 5. The van der Waals surface area contributed by atoms with Gasteiger partial charge in [-0.2, -0.15) is 0 Å². The SMILES string of the molecule is CCCc1ccc(OC2CNNC2c2ccc(OC)cc2O)cc1. The molecule has 0 spiro atoms. The Labute approximate surface area is 142 Å². The molecule has 0 bridgehead atoms. The average Bonchev–Trinajstić information content (AvgIpc) is 3.04. The summed E-state index contributed by atoms with van der Waals surface area (Å²) in [5.41, 5.74) is 8.39. The molecule has 0 saturated carbocycles. The van der Waals surface area contributed by atoms with Crippen LogP contribution in [-0.2, 0) is 6.42 Å². The molecule has 0 amide bonds. The molecular formula is C19H24N2O3. The van der Waals surface area contributed by atoms with E-state index in [1.807, 2.05) is 24.3 Å². The quantitative estimate of drug-likeness (QED) is 0.761. The van der Waals surface area contributed by atoms with Crippen molar-refractivity contribution in [2.75, 3.05) is 13.7 Å². The van der Waals surface area contributed by atoms with Crippen molar-refractivity contribution >= 4 is 0 Å². The molecule has 24 heavy (non-hydrogen) atoms. The highest BCUT2D eigenvalue weighted by Gasteiger charge is 2.32. The molecular weight excluding hydrogens is 304 g/mol. The Balaban J connectivity index is 1.73. The Hall–Kier alpha value is -2.24. The average molecular weight is 328 g/mol. The summed E-state index contributed by atoms with van der Waals surface area (Å²) >= 11 is 0. The summed E-state index contributed by atoms with van der Waals surface area (Å²) in [4.78, 5) is 0. The van der Waals surface area contributed by atoms with Gasteiger partial charge in [0.2, 0.25) is 0 Å². The largest absolute Gasteiger partial charge is 0.507 e. The minimum atomic E-state index is -0.133. The summed E-state index contributed by atoms with van der Waals surface area (Å²) in [6.07, 6.45) is 2.10. The van der Waals surface area contributed by atoms with E-state index in [1.165, 1.54) is 5.56 Å². The third-order valence-electron chi connectivity index (χ3n) is 4.25. The first-order valence-corrected chi connectivity index (χ1v) is 8.32. The molecule has 2 atom stereocenters. The van der Waals surface area contributed by atoms with Crippen molar-refractivity contribution in [1.82, 2.24) is 10.9 Å².